The average Bonchev–Trinajstić information content (AvgIpc) is 2.32. The van der Waals surface area contributed by atoms with Gasteiger partial charge in [0.2, 0.25) is 0 Å². The number of halogens is 2. The van der Waals surface area contributed by atoms with Gasteiger partial charge in [0.1, 0.15) is 5.75 Å². The third-order valence-corrected chi connectivity index (χ3v) is 3.30. The van der Waals surface area contributed by atoms with Gasteiger partial charge in [0, 0.05) is 17.5 Å². The summed E-state index contributed by atoms with van der Waals surface area (Å²) in [5.74, 6) is -0.184. The molecule has 0 amide bonds. The molecule has 0 aromatic heterocycles. The Morgan fingerprint density at radius 1 is 1.22 bits per heavy atom. The molecule has 0 radical (unpaired) electrons. The van der Waals surface area contributed by atoms with Gasteiger partial charge in [0.25, 0.3) is 0 Å². The van der Waals surface area contributed by atoms with Crippen LogP contribution in [0.15, 0.2) is 12.1 Å². The van der Waals surface area contributed by atoms with Gasteiger partial charge in [0.05, 0.1) is 12.1 Å². The Bertz CT molecular complexity index is 419. The van der Waals surface area contributed by atoms with E-state index in [2.05, 4.69) is 0 Å². The Kier molecular flexibility index (Phi) is 6.30. The number of rotatable bonds is 7. The van der Waals surface area contributed by atoms with Crippen molar-refractivity contribution in [3.63, 3.8) is 0 Å². The van der Waals surface area contributed by atoms with Crippen LogP contribution < -0.4 is 4.74 Å². The Hall–Kier alpha value is -0.930. The van der Waals surface area contributed by atoms with E-state index in [1.54, 1.807) is 19.2 Å². The van der Waals surface area contributed by atoms with Gasteiger partial charge in [-0.2, -0.15) is 0 Å². The first-order chi connectivity index (χ1) is 8.54. The van der Waals surface area contributed by atoms with Gasteiger partial charge in [-0.05, 0) is 30.9 Å². The van der Waals surface area contributed by atoms with Crippen molar-refractivity contribution in [2.24, 2.45) is 0 Å². The number of carbonyl (C=O) groups is 1. The molecule has 0 spiro atoms. The van der Waals surface area contributed by atoms with Gasteiger partial charge >= 0.3 is 5.97 Å². The highest BCUT2D eigenvalue weighted by molar-refractivity contribution is 6.34. The molecule has 18 heavy (non-hydrogen) atoms. The molecule has 0 unspecified atom stereocenters. The van der Waals surface area contributed by atoms with Crippen molar-refractivity contribution in [2.45, 2.75) is 32.1 Å². The number of carboxylic acids is 1. The SMILES string of the molecule is COc1cc(Cl)c(CCCCCC(=O)O)cc1Cl. The minimum absolute atomic E-state index is 0.219. The first-order valence-corrected chi connectivity index (χ1v) is 6.54. The number of aryl methyl sites for hydroxylation is 1. The number of ether oxygens (including phenoxy) is 1. The quantitative estimate of drug-likeness (QED) is 0.766. The summed E-state index contributed by atoms with van der Waals surface area (Å²) in [6, 6.07) is 3.51. The molecule has 0 saturated heterocycles. The topological polar surface area (TPSA) is 46.5 Å². The fourth-order valence-corrected chi connectivity index (χ4v) is 2.20. The molecule has 1 aromatic carbocycles. The normalized spacial score (nSPS) is 10.4. The maximum atomic E-state index is 10.3. The second kappa shape index (κ2) is 7.49. The number of benzene rings is 1. The Balaban J connectivity index is 2.47. The zero-order chi connectivity index (χ0) is 13.5. The highest BCUT2D eigenvalue weighted by Gasteiger charge is 2.07. The molecule has 100 valence electrons. The third-order valence-electron chi connectivity index (χ3n) is 2.66. The van der Waals surface area contributed by atoms with Crippen molar-refractivity contribution in [1.29, 1.82) is 0 Å². The maximum Gasteiger partial charge on any atom is 0.303 e. The molecule has 0 saturated carbocycles. The second-order valence-electron chi connectivity index (χ2n) is 4.03. The summed E-state index contributed by atoms with van der Waals surface area (Å²) in [6.07, 6.45) is 3.47. The molecule has 0 fully saturated rings. The molecule has 1 rings (SSSR count). The summed E-state index contributed by atoms with van der Waals surface area (Å²) in [6.45, 7) is 0. The van der Waals surface area contributed by atoms with Gasteiger partial charge in [-0.1, -0.05) is 29.6 Å². The summed E-state index contributed by atoms with van der Waals surface area (Å²) >= 11 is 12.1. The molecule has 3 nitrogen and oxygen atoms in total. The second-order valence-corrected chi connectivity index (χ2v) is 4.85. The minimum Gasteiger partial charge on any atom is -0.495 e. The van der Waals surface area contributed by atoms with Crippen LogP contribution in [0.3, 0.4) is 0 Å². The largest absolute Gasteiger partial charge is 0.495 e. The van der Waals surface area contributed by atoms with Crippen LogP contribution in [0.5, 0.6) is 5.75 Å². The van der Waals surface area contributed by atoms with Gasteiger partial charge in [0.15, 0.2) is 0 Å². The van der Waals surface area contributed by atoms with E-state index < -0.39 is 5.97 Å². The standard InChI is InChI=1S/C13H16Cl2O3/c1-18-12-8-10(14)9(7-11(12)15)5-3-2-4-6-13(16)17/h7-8H,2-6H2,1H3,(H,16,17). The van der Waals surface area contributed by atoms with Crippen LogP contribution in [0.1, 0.15) is 31.2 Å². The van der Waals surface area contributed by atoms with E-state index in [1.807, 2.05) is 0 Å². The van der Waals surface area contributed by atoms with E-state index in [4.69, 9.17) is 33.0 Å². The fraction of sp³-hybridized carbons (Fsp3) is 0.462. The van der Waals surface area contributed by atoms with E-state index in [1.165, 1.54) is 0 Å². The lowest BCUT2D eigenvalue weighted by Gasteiger charge is -2.08. The van der Waals surface area contributed by atoms with Gasteiger partial charge in [-0.25, -0.2) is 0 Å². The number of hydrogen-bond donors (Lipinski definition) is 1. The van der Waals surface area contributed by atoms with Crippen LogP contribution in [0.4, 0.5) is 0 Å². The molecule has 0 aliphatic heterocycles. The summed E-state index contributed by atoms with van der Waals surface area (Å²) in [5, 5.41) is 9.69. The van der Waals surface area contributed by atoms with Gasteiger partial charge < -0.3 is 9.84 Å². The van der Waals surface area contributed by atoms with Gasteiger partial charge in [-0.3, -0.25) is 4.79 Å². The molecule has 0 aliphatic carbocycles. The lowest BCUT2D eigenvalue weighted by Crippen LogP contribution is -1.95. The zero-order valence-corrected chi connectivity index (χ0v) is 11.7. The molecule has 1 N–H and O–H groups in total. The fourth-order valence-electron chi connectivity index (χ4n) is 1.69. The molecule has 5 heteroatoms. The highest BCUT2D eigenvalue weighted by Crippen LogP contribution is 2.31. The minimum atomic E-state index is -0.750. The van der Waals surface area contributed by atoms with E-state index >= 15 is 0 Å². The predicted molar refractivity (Wildman–Crippen MR) is 72.8 cm³/mol. The molecular formula is C13H16Cl2O3. The van der Waals surface area contributed by atoms with Crippen molar-refractivity contribution >= 4 is 29.2 Å². The van der Waals surface area contributed by atoms with Crippen molar-refractivity contribution in [2.75, 3.05) is 7.11 Å². The van der Waals surface area contributed by atoms with E-state index in [0.29, 0.717) is 22.2 Å². The van der Waals surface area contributed by atoms with E-state index in [-0.39, 0.29) is 6.42 Å². The van der Waals surface area contributed by atoms with Gasteiger partial charge in [-0.15, -0.1) is 0 Å². The summed E-state index contributed by atoms with van der Waals surface area (Å²) in [5.41, 5.74) is 0.970. The monoisotopic (exact) mass is 290 g/mol. The van der Waals surface area contributed by atoms with E-state index in [9.17, 15) is 4.79 Å². The lowest BCUT2D eigenvalue weighted by molar-refractivity contribution is -0.137. The molecule has 0 bridgehead atoms. The number of aliphatic carboxylic acids is 1. The predicted octanol–water partition coefficient (Wildman–Crippen LogP) is 4.19. The molecule has 0 heterocycles. The highest BCUT2D eigenvalue weighted by atomic mass is 35.5. The average molecular weight is 291 g/mol. The number of unbranched alkanes of at least 4 members (excludes halogenated alkanes) is 2. The Labute approximate surface area is 117 Å². The Morgan fingerprint density at radius 3 is 2.56 bits per heavy atom. The summed E-state index contributed by atoms with van der Waals surface area (Å²) in [4.78, 5) is 10.3. The number of carboxylic acid groups (broad SMARTS) is 1. The van der Waals surface area contributed by atoms with Crippen LogP contribution in [0.2, 0.25) is 10.0 Å². The number of hydrogen-bond acceptors (Lipinski definition) is 2. The van der Waals surface area contributed by atoms with Crippen molar-refractivity contribution in [3.8, 4) is 5.75 Å². The third kappa shape index (κ3) is 4.75. The van der Waals surface area contributed by atoms with Crippen molar-refractivity contribution < 1.29 is 14.6 Å². The summed E-state index contributed by atoms with van der Waals surface area (Å²) < 4.78 is 5.07. The summed E-state index contributed by atoms with van der Waals surface area (Å²) in [7, 11) is 1.54. The zero-order valence-electron chi connectivity index (χ0n) is 10.2. The van der Waals surface area contributed by atoms with E-state index in [0.717, 1.165) is 24.8 Å². The van der Waals surface area contributed by atoms with Crippen LogP contribution in [-0.4, -0.2) is 18.2 Å². The van der Waals surface area contributed by atoms with Crippen LogP contribution in [-0.2, 0) is 11.2 Å². The van der Waals surface area contributed by atoms with Crippen molar-refractivity contribution in [1.82, 2.24) is 0 Å². The maximum absolute atomic E-state index is 10.3. The van der Waals surface area contributed by atoms with Crippen LogP contribution in [0, 0.1) is 0 Å². The molecule has 1 aromatic rings. The van der Waals surface area contributed by atoms with Crippen LogP contribution in [0.25, 0.3) is 0 Å². The molecular weight excluding hydrogens is 275 g/mol. The smallest absolute Gasteiger partial charge is 0.303 e. The Morgan fingerprint density at radius 2 is 1.94 bits per heavy atom. The first kappa shape index (κ1) is 15.1. The first-order valence-electron chi connectivity index (χ1n) is 5.78. The van der Waals surface area contributed by atoms with Crippen LogP contribution >= 0.6 is 23.2 Å². The molecule has 0 aliphatic rings. The number of methoxy groups -OCH3 is 1. The molecule has 0 atom stereocenters. The lowest BCUT2D eigenvalue weighted by atomic mass is 10.1. The van der Waals surface area contributed by atoms with Crippen molar-refractivity contribution in [3.05, 3.63) is 27.7 Å².